The van der Waals surface area contributed by atoms with E-state index in [9.17, 15) is 13.9 Å². The topological polar surface area (TPSA) is 97.4 Å². The molecular formula is C30H36O8P2. The van der Waals surface area contributed by atoms with Gasteiger partial charge in [-0.05, 0) is 75.2 Å². The zero-order valence-electron chi connectivity index (χ0n) is 23.3. The van der Waals surface area contributed by atoms with Crippen LogP contribution in [0.25, 0.3) is 6.08 Å². The predicted octanol–water partition coefficient (Wildman–Crippen LogP) is 6.94. The molecule has 8 nitrogen and oxygen atoms in total. The predicted molar refractivity (Wildman–Crippen MR) is 158 cm³/mol. The number of benzene rings is 3. The van der Waals surface area contributed by atoms with Gasteiger partial charge in [0.1, 0.15) is 12.4 Å². The lowest BCUT2D eigenvalue weighted by Gasteiger charge is -2.19. The maximum absolute atomic E-state index is 13.4. The fourth-order valence-corrected chi connectivity index (χ4v) is 6.99. The van der Waals surface area contributed by atoms with Crippen molar-refractivity contribution < 1.29 is 36.8 Å². The first-order valence-electron chi connectivity index (χ1n) is 13.2. The third-order valence-electron chi connectivity index (χ3n) is 5.61. The zero-order chi connectivity index (χ0) is 29.0. The Morgan fingerprint density at radius 1 is 0.700 bits per heavy atom. The summed E-state index contributed by atoms with van der Waals surface area (Å²) in [5.74, 6) is -0.0191. The highest BCUT2D eigenvalue weighted by Crippen LogP contribution is 2.48. The molecule has 0 aliphatic rings. The van der Waals surface area contributed by atoms with Crippen LogP contribution in [0.5, 0.6) is 5.75 Å². The second kappa shape index (κ2) is 15.2. The highest BCUT2D eigenvalue weighted by atomic mass is 31.2. The Labute approximate surface area is 236 Å². The van der Waals surface area contributed by atoms with Crippen molar-refractivity contribution >= 4 is 37.7 Å². The van der Waals surface area contributed by atoms with Crippen molar-refractivity contribution in [1.82, 2.24) is 0 Å². The van der Waals surface area contributed by atoms with E-state index in [1.165, 1.54) is 12.1 Å². The van der Waals surface area contributed by atoms with Crippen LogP contribution in [0.3, 0.4) is 0 Å². The molecule has 0 aromatic heterocycles. The van der Waals surface area contributed by atoms with Crippen molar-refractivity contribution in [2.45, 2.75) is 34.3 Å². The molecule has 0 bridgehead atoms. The van der Waals surface area contributed by atoms with Crippen molar-refractivity contribution in [3.8, 4) is 5.75 Å². The number of ether oxygens (including phenoxy) is 1. The maximum Gasteiger partial charge on any atom is 0.361 e. The number of hydrogen-bond donors (Lipinski definition) is 0. The Morgan fingerprint density at radius 3 is 1.77 bits per heavy atom. The number of ketones is 1. The third kappa shape index (κ3) is 8.34. The Balaban J connectivity index is 1.91. The quantitative estimate of drug-likeness (QED) is 0.101. The molecule has 0 aliphatic carbocycles. The SMILES string of the molecule is CCOP(=O)(OCC)c1ccc(/C=C/C(=O)c2cc(P(=O)(OCC)OCC)ccc2OCc2ccccc2)cc1. The fraction of sp³-hybridized carbons (Fsp3) is 0.300. The molecular weight excluding hydrogens is 550 g/mol. The van der Waals surface area contributed by atoms with Crippen LogP contribution in [0.15, 0.2) is 78.9 Å². The van der Waals surface area contributed by atoms with Gasteiger partial charge in [0.05, 0.1) is 42.6 Å². The number of carbonyl (C=O) groups is 1. The summed E-state index contributed by atoms with van der Waals surface area (Å²) in [5, 5.41) is 0.707. The summed E-state index contributed by atoms with van der Waals surface area (Å²) in [6.07, 6.45) is 3.04. The minimum absolute atomic E-state index is 0.183. The van der Waals surface area contributed by atoms with Gasteiger partial charge in [-0.25, -0.2) is 0 Å². The van der Waals surface area contributed by atoms with E-state index in [0.717, 1.165) is 5.56 Å². The highest BCUT2D eigenvalue weighted by molar-refractivity contribution is 7.62. The van der Waals surface area contributed by atoms with Crippen LogP contribution in [-0.4, -0.2) is 32.2 Å². The van der Waals surface area contributed by atoms with Gasteiger partial charge in [-0.15, -0.1) is 0 Å². The lowest BCUT2D eigenvalue weighted by atomic mass is 10.1. The molecule has 0 atom stereocenters. The van der Waals surface area contributed by atoms with Crippen LogP contribution in [0.1, 0.15) is 49.2 Å². The van der Waals surface area contributed by atoms with Crippen molar-refractivity contribution in [1.29, 1.82) is 0 Å². The normalized spacial score (nSPS) is 12.1. The molecule has 10 heteroatoms. The molecule has 0 radical (unpaired) electrons. The van der Waals surface area contributed by atoms with E-state index in [1.54, 1.807) is 70.2 Å². The van der Waals surface area contributed by atoms with Crippen LogP contribution in [0, 0.1) is 0 Å². The van der Waals surface area contributed by atoms with Gasteiger partial charge in [-0.2, -0.15) is 0 Å². The van der Waals surface area contributed by atoms with Gasteiger partial charge in [0.25, 0.3) is 0 Å². The third-order valence-corrected chi connectivity index (χ3v) is 9.85. The van der Waals surface area contributed by atoms with Crippen LogP contribution in [-0.2, 0) is 33.8 Å². The summed E-state index contributed by atoms with van der Waals surface area (Å²) < 4.78 is 54.2. The summed E-state index contributed by atoms with van der Waals surface area (Å²) in [6.45, 7) is 8.08. The molecule has 3 aromatic rings. The van der Waals surface area contributed by atoms with Gasteiger partial charge in [0.15, 0.2) is 5.78 Å². The van der Waals surface area contributed by atoms with Crippen molar-refractivity contribution in [3.63, 3.8) is 0 Å². The molecule has 3 aromatic carbocycles. The molecule has 0 aliphatic heterocycles. The summed E-state index contributed by atoms with van der Waals surface area (Å²) >= 11 is 0. The standard InChI is InChI=1S/C30H36O8P2/c1-5-35-39(32,36-6-2)26-17-14-24(15-18-26)16-20-29(31)28-22-27(40(33,37-7-3)38-8-4)19-21-30(28)34-23-25-12-10-9-11-13-25/h9-22H,5-8,23H2,1-4H3/b20-16+. The average Bonchev–Trinajstić information content (AvgIpc) is 2.96. The van der Waals surface area contributed by atoms with E-state index in [-0.39, 0.29) is 49.7 Å². The zero-order valence-corrected chi connectivity index (χ0v) is 25.1. The summed E-state index contributed by atoms with van der Waals surface area (Å²) in [6, 6.07) is 21.1. The van der Waals surface area contributed by atoms with E-state index < -0.39 is 15.2 Å². The van der Waals surface area contributed by atoms with Gasteiger partial charge in [-0.3, -0.25) is 13.9 Å². The van der Waals surface area contributed by atoms with Crippen LogP contribution in [0.4, 0.5) is 0 Å². The minimum Gasteiger partial charge on any atom is -0.488 e. The largest absolute Gasteiger partial charge is 0.488 e. The molecule has 0 spiro atoms. The summed E-state index contributed by atoms with van der Waals surface area (Å²) in [5.41, 5.74) is 1.86. The van der Waals surface area contributed by atoms with Crippen molar-refractivity contribution in [3.05, 3.63) is 95.6 Å². The minimum atomic E-state index is -3.63. The van der Waals surface area contributed by atoms with Gasteiger partial charge < -0.3 is 22.8 Å². The summed E-state index contributed by atoms with van der Waals surface area (Å²) in [4.78, 5) is 13.4. The number of rotatable bonds is 16. The van der Waals surface area contributed by atoms with Crippen molar-refractivity contribution in [2.75, 3.05) is 26.4 Å². The van der Waals surface area contributed by atoms with Gasteiger partial charge in [0.2, 0.25) is 0 Å². The first-order chi connectivity index (χ1) is 19.3. The average molecular weight is 587 g/mol. The smallest absolute Gasteiger partial charge is 0.361 e. The number of allylic oxidation sites excluding steroid dienone is 1. The summed E-state index contributed by atoms with van der Waals surface area (Å²) in [7, 11) is -7.04. The second-order valence-corrected chi connectivity index (χ2v) is 12.5. The first kappa shape index (κ1) is 31.7. The molecule has 0 saturated carbocycles. The van der Waals surface area contributed by atoms with E-state index in [1.807, 2.05) is 30.3 Å². The fourth-order valence-electron chi connectivity index (χ4n) is 3.82. The highest BCUT2D eigenvalue weighted by Gasteiger charge is 2.29. The van der Waals surface area contributed by atoms with Crippen LogP contribution in [0.2, 0.25) is 0 Å². The van der Waals surface area contributed by atoms with Gasteiger partial charge in [-0.1, -0.05) is 48.5 Å². The second-order valence-electron chi connectivity index (χ2n) is 8.41. The molecule has 214 valence electrons. The number of carbonyl (C=O) groups excluding carboxylic acids is 1. The molecule has 0 saturated heterocycles. The van der Waals surface area contributed by atoms with Crippen LogP contribution >= 0.6 is 15.2 Å². The Bertz CT molecular complexity index is 1350. The van der Waals surface area contributed by atoms with E-state index in [0.29, 0.717) is 16.6 Å². The lowest BCUT2D eigenvalue weighted by molar-refractivity contribution is 0.104. The molecule has 3 rings (SSSR count). The lowest BCUT2D eigenvalue weighted by Crippen LogP contribution is -2.14. The van der Waals surface area contributed by atoms with E-state index in [2.05, 4.69) is 0 Å². The van der Waals surface area contributed by atoms with E-state index >= 15 is 0 Å². The maximum atomic E-state index is 13.4. The number of hydrogen-bond acceptors (Lipinski definition) is 8. The molecule has 0 unspecified atom stereocenters. The van der Waals surface area contributed by atoms with Gasteiger partial charge in [0, 0.05) is 0 Å². The van der Waals surface area contributed by atoms with Gasteiger partial charge >= 0.3 is 15.2 Å². The van der Waals surface area contributed by atoms with Crippen LogP contribution < -0.4 is 15.3 Å². The van der Waals surface area contributed by atoms with Crippen molar-refractivity contribution in [2.24, 2.45) is 0 Å². The Kier molecular flexibility index (Phi) is 12.1. The molecule has 0 heterocycles. The Hall–Kier alpha value is -2.83. The Morgan fingerprint density at radius 2 is 1.23 bits per heavy atom. The molecule has 0 N–H and O–H groups in total. The molecule has 40 heavy (non-hydrogen) atoms. The first-order valence-corrected chi connectivity index (χ1v) is 16.3. The molecule has 0 amide bonds. The molecule has 0 fully saturated rings. The monoisotopic (exact) mass is 586 g/mol. The van der Waals surface area contributed by atoms with E-state index in [4.69, 9.17) is 22.8 Å².